The summed E-state index contributed by atoms with van der Waals surface area (Å²) in [7, 11) is 0. The minimum absolute atomic E-state index is 0.210. The lowest BCUT2D eigenvalue weighted by Gasteiger charge is -2.23. The number of rotatable bonds is 8. The van der Waals surface area contributed by atoms with Crippen LogP contribution < -0.4 is 5.32 Å². The van der Waals surface area contributed by atoms with Crippen LogP contribution in [0.4, 0.5) is 0 Å². The Morgan fingerprint density at radius 3 is 2.65 bits per heavy atom. The molecular formula is C14H25NO2. The Balaban J connectivity index is 2.24. The number of hydrogen-bond donors (Lipinski definition) is 2. The largest absolute Gasteiger partial charge is 0.469 e. The third-order valence-electron chi connectivity index (χ3n) is 2.90. The molecule has 0 amide bonds. The van der Waals surface area contributed by atoms with E-state index in [1.165, 1.54) is 0 Å². The van der Waals surface area contributed by atoms with Crippen molar-refractivity contribution in [2.75, 3.05) is 6.61 Å². The molecule has 0 fully saturated rings. The van der Waals surface area contributed by atoms with Crippen LogP contribution in [0.15, 0.2) is 22.8 Å². The summed E-state index contributed by atoms with van der Waals surface area (Å²) < 4.78 is 5.30. The fraction of sp³-hybridized carbons (Fsp3) is 0.714. The average molecular weight is 239 g/mol. The van der Waals surface area contributed by atoms with Crippen molar-refractivity contribution in [3.63, 3.8) is 0 Å². The Hall–Kier alpha value is -0.800. The van der Waals surface area contributed by atoms with Gasteiger partial charge in [0.2, 0.25) is 0 Å². The summed E-state index contributed by atoms with van der Waals surface area (Å²) in [4.78, 5) is 0. The minimum Gasteiger partial charge on any atom is -0.469 e. The van der Waals surface area contributed by atoms with Gasteiger partial charge in [-0.05, 0) is 37.8 Å². The van der Waals surface area contributed by atoms with E-state index in [-0.39, 0.29) is 12.6 Å². The van der Waals surface area contributed by atoms with Crippen LogP contribution in [0.5, 0.6) is 0 Å². The van der Waals surface area contributed by atoms with Gasteiger partial charge in [0, 0.05) is 18.5 Å². The zero-order valence-electron chi connectivity index (χ0n) is 11.1. The monoisotopic (exact) mass is 239 g/mol. The predicted octanol–water partition coefficient (Wildman–Crippen LogP) is 2.60. The van der Waals surface area contributed by atoms with Crippen LogP contribution in [0.2, 0.25) is 0 Å². The highest BCUT2D eigenvalue weighted by Crippen LogP contribution is 2.09. The standard InChI is InChI=1S/C14H25NO2/c1-11(2)9-13(10-16)15-12(3)6-7-14-5-4-8-17-14/h4-5,8,11-13,15-16H,6-7,9-10H2,1-3H3. The Labute approximate surface area is 104 Å². The van der Waals surface area contributed by atoms with E-state index in [9.17, 15) is 5.11 Å². The number of nitrogens with one attached hydrogen (secondary N) is 1. The second-order valence-electron chi connectivity index (χ2n) is 5.19. The lowest BCUT2D eigenvalue weighted by atomic mass is 10.0. The van der Waals surface area contributed by atoms with E-state index < -0.39 is 0 Å². The van der Waals surface area contributed by atoms with Gasteiger partial charge in [-0.25, -0.2) is 0 Å². The van der Waals surface area contributed by atoms with Crippen molar-refractivity contribution in [3.8, 4) is 0 Å². The Morgan fingerprint density at radius 1 is 1.35 bits per heavy atom. The molecule has 0 saturated carbocycles. The molecule has 0 aliphatic rings. The maximum Gasteiger partial charge on any atom is 0.103 e. The predicted molar refractivity (Wildman–Crippen MR) is 70.0 cm³/mol. The van der Waals surface area contributed by atoms with Crippen molar-refractivity contribution in [1.29, 1.82) is 0 Å². The molecule has 3 nitrogen and oxygen atoms in total. The molecule has 0 aliphatic heterocycles. The van der Waals surface area contributed by atoms with E-state index in [2.05, 4.69) is 26.1 Å². The number of aliphatic hydroxyl groups excluding tert-OH is 1. The summed E-state index contributed by atoms with van der Waals surface area (Å²) in [6.45, 7) is 6.73. The van der Waals surface area contributed by atoms with Crippen molar-refractivity contribution in [1.82, 2.24) is 5.32 Å². The highest BCUT2D eigenvalue weighted by molar-refractivity contribution is 4.98. The lowest BCUT2D eigenvalue weighted by Crippen LogP contribution is -2.40. The van der Waals surface area contributed by atoms with Crippen LogP contribution in [0, 0.1) is 5.92 Å². The minimum atomic E-state index is 0.210. The van der Waals surface area contributed by atoms with Crippen LogP contribution in [0.3, 0.4) is 0 Å². The van der Waals surface area contributed by atoms with E-state index in [0.29, 0.717) is 12.0 Å². The highest BCUT2D eigenvalue weighted by atomic mass is 16.3. The number of aryl methyl sites for hydroxylation is 1. The van der Waals surface area contributed by atoms with Gasteiger partial charge in [0.25, 0.3) is 0 Å². The van der Waals surface area contributed by atoms with Crippen molar-refractivity contribution in [2.24, 2.45) is 5.92 Å². The molecule has 1 rings (SSSR count). The Bertz CT molecular complexity index is 282. The number of furan rings is 1. The molecule has 0 spiro atoms. The summed E-state index contributed by atoms with van der Waals surface area (Å²) >= 11 is 0. The van der Waals surface area contributed by atoms with E-state index in [1.54, 1.807) is 6.26 Å². The quantitative estimate of drug-likeness (QED) is 0.733. The lowest BCUT2D eigenvalue weighted by molar-refractivity contribution is 0.213. The van der Waals surface area contributed by atoms with Gasteiger partial charge in [-0.2, -0.15) is 0 Å². The van der Waals surface area contributed by atoms with Crippen LogP contribution in [0.25, 0.3) is 0 Å². The van der Waals surface area contributed by atoms with E-state index in [1.807, 2.05) is 12.1 Å². The van der Waals surface area contributed by atoms with Gasteiger partial charge in [-0.3, -0.25) is 0 Å². The maximum absolute atomic E-state index is 9.29. The van der Waals surface area contributed by atoms with Crippen molar-refractivity contribution >= 4 is 0 Å². The molecular weight excluding hydrogens is 214 g/mol. The summed E-state index contributed by atoms with van der Waals surface area (Å²) in [6.07, 6.45) is 4.70. The van der Waals surface area contributed by atoms with Gasteiger partial charge in [0.1, 0.15) is 5.76 Å². The molecule has 0 aliphatic carbocycles. The number of hydrogen-bond acceptors (Lipinski definition) is 3. The Morgan fingerprint density at radius 2 is 2.12 bits per heavy atom. The summed E-state index contributed by atoms with van der Waals surface area (Å²) in [5.41, 5.74) is 0. The molecule has 17 heavy (non-hydrogen) atoms. The normalized spacial score (nSPS) is 15.1. The maximum atomic E-state index is 9.29. The zero-order chi connectivity index (χ0) is 12.7. The van der Waals surface area contributed by atoms with Gasteiger partial charge in [0.15, 0.2) is 0 Å². The molecule has 2 N–H and O–H groups in total. The Kier molecular flexibility index (Phi) is 6.30. The highest BCUT2D eigenvalue weighted by Gasteiger charge is 2.13. The van der Waals surface area contributed by atoms with Gasteiger partial charge >= 0.3 is 0 Å². The smallest absolute Gasteiger partial charge is 0.103 e. The van der Waals surface area contributed by atoms with Crippen LogP contribution in [-0.2, 0) is 6.42 Å². The molecule has 0 saturated heterocycles. The van der Waals surface area contributed by atoms with Crippen molar-refractivity contribution in [3.05, 3.63) is 24.2 Å². The number of aliphatic hydroxyl groups is 1. The third kappa shape index (κ3) is 5.89. The molecule has 2 atom stereocenters. The third-order valence-corrected chi connectivity index (χ3v) is 2.90. The van der Waals surface area contributed by atoms with Crippen LogP contribution in [0.1, 0.15) is 39.4 Å². The average Bonchev–Trinajstić information content (AvgIpc) is 2.77. The molecule has 0 aromatic carbocycles. The van der Waals surface area contributed by atoms with E-state index in [0.717, 1.165) is 25.0 Å². The van der Waals surface area contributed by atoms with Crippen molar-refractivity contribution < 1.29 is 9.52 Å². The fourth-order valence-electron chi connectivity index (χ4n) is 2.06. The first-order chi connectivity index (χ1) is 8.11. The van der Waals surface area contributed by atoms with E-state index >= 15 is 0 Å². The summed E-state index contributed by atoms with van der Waals surface area (Å²) in [5, 5.41) is 12.8. The van der Waals surface area contributed by atoms with Gasteiger partial charge in [0.05, 0.1) is 12.9 Å². The van der Waals surface area contributed by atoms with Gasteiger partial charge in [-0.1, -0.05) is 13.8 Å². The molecule has 0 bridgehead atoms. The zero-order valence-corrected chi connectivity index (χ0v) is 11.1. The fourth-order valence-corrected chi connectivity index (χ4v) is 2.06. The molecule has 1 heterocycles. The van der Waals surface area contributed by atoms with Crippen LogP contribution in [-0.4, -0.2) is 23.8 Å². The molecule has 0 radical (unpaired) electrons. The van der Waals surface area contributed by atoms with E-state index in [4.69, 9.17) is 4.42 Å². The molecule has 3 heteroatoms. The second kappa shape index (κ2) is 7.51. The second-order valence-corrected chi connectivity index (χ2v) is 5.19. The molecule has 1 aromatic rings. The first-order valence-corrected chi connectivity index (χ1v) is 6.51. The SMILES string of the molecule is CC(C)CC(CO)NC(C)CCc1ccco1. The van der Waals surface area contributed by atoms with Gasteiger partial charge < -0.3 is 14.8 Å². The van der Waals surface area contributed by atoms with Gasteiger partial charge in [-0.15, -0.1) is 0 Å². The first-order valence-electron chi connectivity index (χ1n) is 6.51. The molecule has 98 valence electrons. The van der Waals surface area contributed by atoms with Crippen LogP contribution >= 0.6 is 0 Å². The summed E-state index contributed by atoms with van der Waals surface area (Å²) in [6, 6.07) is 4.53. The topological polar surface area (TPSA) is 45.4 Å². The summed E-state index contributed by atoms with van der Waals surface area (Å²) in [5.74, 6) is 1.64. The molecule has 2 unspecified atom stereocenters. The first kappa shape index (κ1) is 14.3. The molecule has 1 aromatic heterocycles. The van der Waals surface area contributed by atoms with Crippen molar-refractivity contribution in [2.45, 2.75) is 52.1 Å².